The van der Waals surface area contributed by atoms with Crippen LogP contribution in [0.4, 0.5) is 0 Å². The van der Waals surface area contributed by atoms with E-state index in [-0.39, 0.29) is 23.6 Å². The van der Waals surface area contributed by atoms with Gasteiger partial charge in [-0.05, 0) is 67.6 Å². The zero-order chi connectivity index (χ0) is 26.6. The van der Waals surface area contributed by atoms with Crippen molar-refractivity contribution in [2.24, 2.45) is 0 Å². The average molecular weight is 552 g/mol. The van der Waals surface area contributed by atoms with E-state index in [1.165, 1.54) is 11.8 Å². The number of benzene rings is 2. The summed E-state index contributed by atoms with van der Waals surface area (Å²) in [6.07, 6.45) is 1.58. The molecular weight excluding hydrogens is 526 g/mol. The van der Waals surface area contributed by atoms with Crippen LogP contribution in [0, 0.1) is 0 Å². The number of halogens is 1. The Morgan fingerprint density at radius 2 is 1.84 bits per heavy atom. The fourth-order valence-electron chi connectivity index (χ4n) is 4.35. The van der Waals surface area contributed by atoms with Crippen LogP contribution < -0.4 is 4.74 Å². The van der Waals surface area contributed by atoms with E-state index < -0.39 is 0 Å². The van der Waals surface area contributed by atoms with E-state index in [9.17, 15) is 9.59 Å². The average Bonchev–Trinajstić information content (AvgIpc) is 3.62. The number of methoxy groups -OCH3 is 1. The summed E-state index contributed by atoms with van der Waals surface area (Å²) in [6, 6.07) is 17.9. The van der Waals surface area contributed by atoms with Crippen LogP contribution in [0.25, 0.3) is 17.3 Å². The van der Waals surface area contributed by atoms with E-state index >= 15 is 0 Å². The van der Waals surface area contributed by atoms with Crippen LogP contribution in [0.15, 0.2) is 76.5 Å². The van der Waals surface area contributed by atoms with Gasteiger partial charge in [-0.3, -0.25) is 14.2 Å². The van der Waals surface area contributed by atoms with Gasteiger partial charge in [-0.15, -0.1) is 10.2 Å². The van der Waals surface area contributed by atoms with Gasteiger partial charge in [0.25, 0.3) is 5.91 Å². The minimum absolute atomic E-state index is 0.0238. The van der Waals surface area contributed by atoms with Crippen molar-refractivity contribution in [3.63, 3.8) is 0 Å². The van der Waals surface area contributed by atoms with Crippen LogP contribution in [-0.4, -0.2) is 74.9 Å². The summed E-state index contributed by atoms with van der Waals surface area (Å²) < 4.78 is 12.7. The van der Waals surface area contributed by atoms with Gasteiger partial charge < -0.3 is 19.0 Å². The van der Waals surface area contributed by atoms with Crippen molar-refractivity contribution in [3.05, 3.63) is 77.5 Å². The molecule has 0 radical (unpaired) electrons. The Hall–Kier alpha value is -3.76. The highest BCUT2D eigenvalue weighted by molar-refractivity contribution is 7.99. The third kappa shape index (κ3) is 5.41. The normalized spacial score (nSPS) is 15.5. The maximum absolute atomic E-state index is 13.2. The van der Waals surface area contributed by atoms with Gasteiger partial charge in [-0.2, -0.15) is 0 Å². The third-order valence-corrected chi connectivity index (χ3v) is 7.53. The minimum atomic E-state index is -0.116. The second kappa shape index (κ2) is 11.3. The first-order chi connectivity index (χ1) is 18.4. The fourth-order valence-corrected chi connectivity index (χ4v) is 5.34. The second-order valence-electron chi connectivity index (χ2n) is 8.80. The molecule has 2 aromatic heterocycles. The van der Waals surface area contributed by atoms with E-state index in [1.54, 1.807) is 53.5 Å². The molecule has 2 amide bonds. The molecule has 196 valence electrons. The number of hydrogen-bond acceptors (Lipinski definition) is 7. The number of aromatic nitrogens is 3. The van der Waals surface area contributed by atoms with Crippen LogP contribution in [-0.2, 0) is 4.79 Å². The molecule has 1 unspecified atom stereocenters. The number of carbonyl (C=O) groups is 2. The van der Waals surface area contributed by atoms with E-state index in [0.29, 0.717) is 47.0 Å². The number of piperazine rings is 1. The molecule has 11 heteroatoms. The molecule has 1 saturated heterocycles. The molecule has 0 spiro atoms. The fraction of sp³-hybridized carbons (Fsp3) is 0.259. The Morgan fingerprint density at radius 1 is 1.08 bits per heavy atom. The van der Waals surface area contributed by atoms with Gasteiger partial charge >= 0.3 is 0 Å². The first-order valence-corrected chi connectivity index (χ1v) is 13.4. The Morgan fingerprint density at radius 3 is 2.50 bits per heavy atom. The Balaban J connectivity index is 1.27. The summed E-state index contributed by atoms with van der Waals surface area (Å²) in [5.74, 6) is 1.94. The van der Waals surface area contributed by atoms with Crippen molar-refractivity contribution in [1.82, 2.24) is 24.6 Å². The lowest BCUT2D eigenvalue weighted by atomic mass is 10.1. The first kappa shape index (κ1) is 25.9. The van der Waals surface area contributed by atoms with Crippen molar-refractivity contribution in [2.75, 3.05) is 32.5 Å². The van der Waals surface area contributed by atoms with Gasteiger partial charge in [-0.1, -0.05) is 23.4 Å². The monoisotopic (exact) mass is 551 g/mol. The molecule has 4 aromatic rings. The van der Waals surface area contributed by atoms with Gasteiger partial charge in [0.15, 0.2) is 10.9 Å². The molecule has 1 aliphatic rings. The molecular formula is C27H26ClN5O4S. The molecule has 1 aliphatic heterocycles. The molecule has 0 saturated carbocycles. The van der Waals surface area contributed by atoms with Crippen molar-refractivity contribution in [3.8, 4) is 23.0 Å². The molecule has 1 fully saturated rings. The Kier molecular flexibility index (Phi) is 7.71. The highest BCUT2D eigenvalue weighted by Crippen LogP contribution is 2.29. The highest BCUT2D eigenvalue weighted by atomic mass is 35.5. The molecule has 0 bridgehead atoms. The number of furan rings is 1. The number of thioether (sulfide) groups is 1. The standard InChI is InChI=1S/C27H26ClN5O4S/c1-18-16-31(13-14-32(18)26(35)19-5-7-20(28)8-6-19)24(34)17-38-27-30-29-25(23-4-3-15-37-23)33(27)21-9-11-22(36-2)12-10-21/h3-12,15,18H,13-14,16-17H2,1-2H3. The van der Waals surface area contributed by atoms with Crippen LogP contribution in [0.3, 0.4) is 0 Å². The van der Waals surface area contributed by atoms with Crippen LogP contribution in [0.5, 0.6) is 5.75 Å². The van der Waals surface area contributed by atoms with Gasteiger partial charge in [0.1, 0.15) is 5.75 Å². The summed E-state index contributed by atoms with van der Waals surface area (Å²) >= 11 is 7.26. The number of rotatable bonds is 7. The summed E-state index contributed by atoms with van der Waals surface area (Å²) in [4.78, 5) is 29.7. The SMILES string of the molecule is COc1ccc(-n2c(SCC(=O)N3CCN(C(=O)c4ccc(Cl)cc4)C(C)C3)nnc2-c2ccco2)cc1. The zero-order valence-corrected chi connectivity index (χ0v) is 22.5. The van der Waals surface area contributed by atoms with Crippen LogP contribution in [0.1, 0.15) is 17.3 Å². The Bertz CT molecular complexity index is 1410. The van der Waals surface area contributed by atoms with E-state index in [4.69, 9.17) is 20.8 Å². The summed E-state index contributed by atoms with van der Waals surface area (Å²) in [7, 11) is 1.61. The maximum atomic E-state index is 13.2. The topological polar surface area (TPSA) is 93.7 Å². The van der Waals surface area contributed by atoms with Gasteiger partial charge in [0.05, 0.1) is 24.8 Å². The smallest absolute Gasteiger partial charge is 0.254 e. The van der Waals surface area contributed by atoms with Crippen molar-refractivity contribution >= 4 is 35.2 Å². The number of amides is 2. The summed E-state index contributed by atoms with van der Waals surface area (Å²) in [6.45, 7) is 3.34. The third-order valence-electron chi connectivity index (χ3n) is 6.36. The summed E-state index contributed by atoms with van der Waals surface area (Å²) in [5, 5.41) is 9.84. The lowest BCUT2D eigenvalue weighted by Gasteiger charge is -2.40. The largest absolute Gasteiger partial charge is 0.497 e. The lowest BCUT2D eigenvalue weighted by Crippen LogP contribution is -2.55. The highest BCUT2D eigenvalue weighted by Gasteiger charge is 2.30. The Labute approximate surface area is 229 Å². The molecule has 1 atom stereocenters. The molecule has 38 heavy (non-hydrogen) atoms. The van der Waals surface area contributed by atoms with Crippen LogP contribution >= 0.6 is 23.4 Å². The molecule has 0 N–H and O–H groups in total. The van der Waals surface area contributed by atoms with Gasteiger partial charge in [-0.25, -0.2) is 0 Å². The lowest BCUT2D eigenvalue weighted by molar-refractivity contribution is -0.130. The van der Waals surface area contributed by atoms with E-state index in [1.807, 2.05) is 41.8 Å². The summed E-state index contributed by atoms with van der Waals surface area (Å²) in [5.41, 5.74) is 1.40. The quantitative estimate of drug-likeness (QED) is 0.308. The van der Waals surface area contributed by atoms with E-state index in [0.717, 1.165) is 11.4 Å². The first-order valence-electron chi connectivity index (χ1n) is 12.1. The molecule has 0 aliphatic carbocycles. The van der Waals surface area contributed by atoms with Crippen molar-refractivity contribution in [1.29, 1.82) is 0 Å². The van der Waals surface area contributed by atoms with Gasteiger partial charge in [0, 0.05) is 36.3 Å². The predicted octanol–water partition coefficient (Wildman–Crippen LogP) is 4.65. The molecule has 5 rings (SSSR count). The van der Waals surface area contributed by atoms with Crippen molar-refractivity contribution < 1.29 is 18.7 Å². The number of ether oxygens (including phenoxy) is 1. The van der Waals surface area contributed by atoms with Crippen LogP contribution in [0.2, 0.25) is 5.02 Å². The maximum Gasteiger partial charge on any atom is 0.254 e. The molecule has 9 nitrogen and oxygen atoms in total. The number of carbonyl (C=O) groups excluding carboxylic acids is 2. The molecule has 3 heterocycles. The zero-order valence-electron chi connectivity index (χ0n) is 20.9. The second-order valence-corrected chi connectivity index (χ2v) is 10.2. The number of nitrogens with zero attached hydrogens (tertiary/aromatic N) is 5. The number of hydrogen-bond donors (Lipinski definition) is 0. The predicted molar refractivity (Wildman–Crippen MR) is 145 cm³/mol. The minimum Gasteiger partial charge on any atom is -0.497 e. The van der Waals surface area contributed by atoms with E-state index in [2.05, 4.69) is 10.2 Å². The molecule has 2 aromatic carbocycles. The van der Waals surface area contributed by atoms with Gasteiger partial charge in [0.2, 0.25) is 11.7 Å². The van der Waals surface area contributed by atoms with Crippen molar-refractivity contribution in [2.45, 2.75) is 18.1 Å².